The van der Waals surface area contributed by atoms with E-state index in [1.807, 2.05) is 30.0 Å². The minimum Gasteiger partial charge on any atom is -0.354 e. The van der Waals surface area contributed by atoms with Crippen molar-refractivity contribution in [1.82, 2.24) is 15.5 Å². The zero-order valence-electron chi connectivity index (χ0n) is 16.8. The van der Waals surface area contributed by atoms with Crippen LogP contribution in [0, 0.1) is 0 Å². The Kier molecular flexibility index (Phi) is 11.1. The molecule has 1 aromatic rings. The van der Waals surface area contributed by atoms with Gasteiger partial charge in [0.05, 0.1) is 6.04 Å². The van der Waals surface area contributed by atoms with Crippen molar-refractivity contribution in [2.75, 3.05) is 26.9 Å². The number of likely N-dealkylation sites (N-methyl/N-ethyl adjacent to an activating group) is 1. The molecule has 5 nitrogen and oxygen atoms in total. The lowest BCUT2D eigenvalue weighted by atomic mass is 9.95. The van der Waals surface area contributed by atoms with Crippen molar-refractivity contribution in [3.8, 4) is 0 Å². The van der Waals surface area contributed by atoms with Crippen molar-refractivity contribution in [3.63, 3.8) is 0 Å². The molecule has 0 aromatic heterocycles. The van der Waals surface area contributed by atoms with E-state index in [1.165, 1.54) is 18.4 Å². The number of thioether (sulfide) groups is 1. The van der Waals surface area contributed by atoms with Gasteiger partial charge in [0, 0.05) is 25.4 Å². The lowest BCUT2D eigenvalue weighted by Gasteiger charge is -2.30. The molecule has 0 aliphatic heterocycles. The van der Waals surface area contributed by atoms with E-state index in [0.29, 0.717) is 11.3 Å². The molecule has 27 heavy (non-hydrogen) atoms. The molecule has 1 fully saturated rings. The summed E-state index contributed by atoms with van der Waals surface area (Å²) in [5, 5.41) is 7.75. The minimum absolute atomic E-state index is 0. The maximum absolute atomic E-state index is 12.0. The van der Waals surface area contributed by atoms with E-state index >= 15 is 0 Å². The van der Waals surface area contributed by atoms with Gasteiger partial charge in [0.1, 0.15) is 6.54 Å². The second-order valence-corrected chi connectivity index (χ2v) is 8.23. The van der Waals surface area contributed by atoms with E-state index in [0.717, 1.165) is 18.8 Å². The first-order chi connectivity index (χ1) is 12.5. The number of nitrogens with zero attached hydrogens (tertiary/aromatic N) is 2. The molecule has 0 heterocycles. The molecular formula is C20H33IN4OS. The topological polar surface area (TPSA) is 56.7 Å². The summed E-state index contributed by atoms with van der Waals surface area (Å²) < 4.78 is 0. The van der Waals surface area contributed by atoms with Crippen LogP contribution in [0.3, 0.4) is 0 Å². The predicted molar refractivity (Wildman–Crippen MR) is 127 cm³/mol. The third-order valence-electron chi connectivity index (χ3n) is 4.82. The van der Waals surface area contributed by atoms with E-state index < -0.39 is 0 Å². The summed E-state index contributed by atoms with van der Waals surface area (Å²) in [4.78, 5) is 18.1. The molecule has 1 aliphatic carbocycles. The van der Waals surface area contributed by atoms with E-state index in [2.05, 4.69) is 40.9 Å². The molecule has 3 atom stereocenters. The number of hydrogen-bond donors (Lipinski definition) is 2. The summed E-state index contributed by atoms with van der Waals surface area (Å²) in [6.07, 6.45) is 7.01. The van der Waals surface area contributed by atoms with Crippen LogP contribution in [0.15, 0.2) is 35.3 Å². The Morgan fingerprint density at radius 2 is 2.00 bits per heavy atom. The second-order valence-electron chi connectivity index (χ2n) is 7.10. The lowest BCUT2D eigenvalue weighted by molar-refractivity contribution is -0.127. The second kappa shape index (κ2) is 12.5. The summed E-state index contributed by atoms with van der Waals surface area (Å²) in [6, 6.07) is 10.8. The Labute approximate surface area is 185 Å². The first-order valence-corrected chi connectivity index (χ1v) is 10.6. The summed E-state index contributed by atoms with van der Waals surface area (Å²) in [6.45, 7) is 2.27. The van der Waals surface area contributed by atoms with Crippen LogP contribution >= 0.6 is 35.7 Å². The van der Waals surface area contributed by atoms with Crippen molar-refractivity contribution >= 4 is 47.6 Å². The highest BCUT2D eigenvalue weighted by Gasteiger charge is 2.22. The average Bonchev–Trinajstić information content (AvgIpc) is 2.66. The number of rotatable bonds is 6. The van der Waals surface area contributed by atoms with E-state index in [4.69, 9.17) is 0 Å². The van der Waals surface area contributed by atoms with Gasteiger partial charge in [-0.05, 0) is 38.0 Å². The fourth-order valence-electron chi connectivity index (χ4n) is 3.13. The Bertz CT molecular complexity index is 597. The molecule has 0 saturated heterocycles. The monoisotopic (exact) mass is 504 g/mol. The molecule has 1 saturated carbocycles. The van der Waals surface area contributed by atoms with Gasteiger partial charge in [-0.15, -0.1) is 24.0 Å². The molecule has 0 radical (unpaired) electrons. The molecule has 1 aromatic carbocycles. The highest BCUT2D eigenvalue weighted by atomic mass is 127. The number of guanidine groups is 1. The molecule has 1 amide bonds. The summed E-state index contributed by atoms with van der Waals surface area (Å²) in [5.41, 5.74) is 1.20. The Balaban J connectivity index is 0.00000364. The maximum atomic E-state index is 12.0. The van der Waals surface area contributed by atoms with Gasteiger partial charge in [-0.3, -0.25) is 4.79 Å². The van der Waals surface area contributed by atoms with Gasteiger partial charge in [0.2, 0.25) is 5.91 Å². The normalized spacial score (nSPS) is 21.0. The Hall–Kier alpha value is -0.960. The third-order valence-corrected chi connectivity index (χ3v) is 5.92. The zero-order chi connectivity index (χ0) is 18.9. The molecule has 0 spiro atoms. The fourth-order valence-corrected chi connectivity index (χ4v) is 3.96. The van der Waals surface area contributed by atoms with Gasteiger partial charge in [-0.2, -0.15) is 11.8 Å². The highest BCUT2D eigenvalue weighted by Crippen LogP contribution is 2.26. The molecule has 1 aliphatic rings. The van der Waals surface area contributed by atoms with Crippen LogP contribution < -0.4 is 10.6 Å². The highest BCUT2D eigenvalue weighted by molar-refractivity contribution is 14.0. The minimum atomic E-state index is 0. The van der Waals surface area contributed by atoms with Gasteiger partial charge < -0.3 is 15.5 Å². The van der Waals surface area contributed by atoms with E-state index in [1.54, 1.807) is 19.0 Å². The smallest absolute Gasteiger partial charge is 0.243 e. The number of carbonyl (C=O) groups is 1. The van der Waals surface area contributed by atoms with Crippen LogP contribution in [0.25, 0.3) is 0 Å². The zero-order valence-corrected chi connectivity index (χ0v) is 19.9. The SMILES string of the molecule is CSC1CCCC(NC(=NCC(=O)N(C)C)NC(C)c2ccccc2)C1.I. The Morgan fingerprint density at radius 1 is 1.30 bits per heavy atom. The van der Waals surface area contributed by atoms with Crippen molar-refractivity contribution in [1.29, 1.82) is 0 Å². The average molecular weight is 504 g/mol. The number of nitrogens with one attached hydrogen (secondary N) is 2. The summed E-state index contributed by atoms with van der Waals surface area (Å²) in [5.74, 6) is 0.729. The van der Waals surface area contributed by atoms with Gasteiger partial charge in [-0.1, -0.05) is 36.8 Å². The molecule has 0 bridgehead atoms. The number of amides is 1. The van der Waals surface area contributed by atoms with Crippen LogP contribution in [0.5, 0.6) is 0 Å². The number of hydrogen-bond acceptors (Lipinski definition) is 3. The molecule has 152 valence electrons. The first kappa shape index (κ1) is 24.1. The lowest BCUT2D eigenvalue weighted by Crippen LogP contribution is -2.46. The predicted octanol–water partition coefficient (Wildman–Crippen LogP) is 3.66. The number of benzene rings is 1. The first-order valence-electron chi connectivity index (χ1n) is 9.35. The molecule has 2 rings (SSSR count). The van der Waals surface area contributed by atoms with E-state index in [-0.39, 0.29) is 42.5 Å². The third kappa shape index (κ3) is 8.29. The quantitative estimate of drug-likeness (QED) is 0.353. The van der Waals surface area contributed by atoms with Crippen LogP contribution in [0.2, 0.25) is 0 Å². The van der Waals surface area contributed by atoms with Crippen LogP contribution in [-0.4, -0.2) is 55.0 Å². The standard InChI is InChI=1S/C20H32N4OS.HI/c1-15(16-9-6-5-7-10-16)22-20(21-14-19(25)24(2)3)23-17-11-8-12-18(13-17)26-4;/h5-7,9-10,15,17-18H,8,11-14H2,1-4H3,(H2,21,22,23);1H. The largest absolute Gasteiger partial charge is 0.354 e. The van der Waals surface area contributed by atoms with E-state index in [9.17, 15) is 4.79 Å². The van der Waals surface area contributed by atoms with Gasteiger partial charge >= 0.3 is 0 Å². The van der Waals surface area contributed by atoms with Gasteiger partial charge in [0.15, 0.2) is 5.96 Å². The number of aliphatic imine (C=N–C) groups is 1. The number of halogens is 1. The van der Waals surface area contributed by atoms with Gasteiger partial charge in [0.25, 0.3) is 0 Å². The molecule has 2 N–H and O–H groups in total. The van der Waals surface area contributed by atoms with Crippen LogP contribution in [-0.2, 0) is 4.79 Å². The van der Waals surface area contributed by atoms with Crippen molar-refractivity contribution in [2.24, 2.45) is 4.99 Å². The summed E-state index contributed by atoms with van der Waals surface area (Å²) in [7, 11) is 3.52. The molecular weight excluding hydrogens is 471 g/mol. The fraction of sp³-hybridized carbons (Fsp3) is 0.600. The van der Waals surface area contributed by atoms with Crippen molar-refractivity contribution < 1.29 is 4.79 Å². The van der Waals surface area contributed by atoms with Crippen molar-refractivity contribution in [3.05, 3.63) is 35.9 Å². The Morgan fingerprint density at radius 3 is 2.63 bits per heavy atom. The van der Waals surface area contributed by atoms with Gasteiger partial charge in [-0.25, -0.2) is 4.99 Å². The van der Waals surface area contributed by atoms with Crippen LogP contribution in [0.4, 0.5) is 0 Å². The molecule has 3 unspecified atom stereocenters. The van der Waals surface area contributed by atoms with Crippen LogP contribution in [0.1, 0.15) is 44.2 Å². The van der Waals surface area contributed by atoms with Crippen molar-refractivity contribution in [2.45, 2.75) is 49.9 Å². The molecule has 7 heteroatoms. The maximum Gasteiger partial charge on any atom is 0.243 e. The summed E-state index contributed by atoms with van der Waals surface area (Å²) >= 11 is 1.95. The number of carbonyl (C=O) groups excluding carboxylic acids is 1.